The summed E-state index contributed by atoms with van der Waals surface area (Å²) in [6.07, 6.45) is 6.42. The van der Waals surface area contributed by atoms with Crippen LogP contribution in [-0.4, -0.2) is 27.7 Å². The number of aryl methyl sites for hydroxylation is 1. The summed E-state index contributed by atoms with van der Waals surface area (Å²) in [5, 5.41) is 13.4. The van der Waals surface area contributed by atoms with E-state index >= 15 is 0 Å². The van der Waals surface area contributed by atoms with Crippen LogP contribution in [0, 0.1) is 0 Å². The molecule has 1 aromatic heterocycles. The van der Waals surface area contributed by atoms with Gasteiger partial charge in [0, 0.05) is 23.2 Å². The molecule has 0 saturated heterocycles. The van der Waals surface area contributed by atoms with E-state index in [9.17, 15) is 5.11 Å². The summed E-state index contributed by atoms with van der Waals surface area (Å²) in [6.45, 7) is 0.817. The molecule has 0 spiro atoms. The van der Waals surface area contributed by atoms with Gasteiger partial charge in [0.25, 0.3) is 0 Å². The van der Waals surface area contributed by atoms with Crippen molar-refractivity contribution < 1.29 is 5.11 Å². The van der Waals surface area contributed by atoms with Gasteiger partial charge in [0.1, 0.15) is 12.1 Å². The fourth-order valence-electron chi connectivity index (χ4n) is 3.88. The lowest BCUT2D eigenvalue weighted by Gasteiger charge is -2.46. The lowest BCUT2D eigenvalue weighted by atomic mass is 9.62. The molecule has 2 aliphatic rings. The number of aliphatic hydroxyl groups excluding tert-OH is 1. The highest BCUT2D eigenvalue weighted by Crippen LogP contribution is 2.44. The molecule has 0 aliphatic heterocycles. The predicted octanol–water partition coefficient (Wildman–Crippen LogP) is 2.47. The summed E-state index contributed by atoms with van der Waals surface area (Å²) in [4.78, 5) is 8.82. The fraction of sp³-hybridized carbons (Fsp3) is 0.444. The third-order valence-corrected chi connectivity index (χ3v) is 5.11. The summed E-state index contributed by atoms with van der Waals surface area (Å²) < 4.78 is 0. The molecule has 4 rings (SSSR count). The van der Waals surface area contributed by atoms with Gasteiger partial charge in [-0.3, -0.25) is 0 Å². The second-order valence-electron chi connectivity index (χ2n) is 6.56. The first-order valence-electron chi connectivity index (χ1n) is 8.07. The van der Waals surface area contributed by atoms with E-state index in [1.807, 2.05) is 6.07 Å². The first-order valence-corrected chi connectivity index (χ1v) is 8.07. The molecule has 1 heterocycles. The monoisotopic (exact) mass is 295 g/mol. The zero-order valence-corrected chi connectivity index (χ0v) is 12.6. The molecule has 4 nitrogen and oxygen atoms in total. The zero-order chi connectivity index (χ0) is 15.0. The SMILES string of the molecule is OC1CC(CNc2ncnc3c2CCC3)(c2ccccc2)C1. The zero-order valence-electron chi connectivity index (χ0n) is 12.6. The van der Waals surface area contributed by atoms with Gasteiger partial charge in [-0.1, -0.05) is 30.3 Å². The van der Waals surface area contributed by atoms with E-state index < -0.39 is 0 Å². The second kappa shape index (κ2) is 5.36. The van der Waals surface area contributed by atoms with Crippen LogP contribution < -0.4 is 5.32 Å². The van der Waals surface area contributed by atoms with E-state index in [-0.39, 0.29) is 11.5 Å². The maximum absolute atomic E-state index is 9.84. The van der Waals surface area contributed by atoms with E-state index in [1.54, 1.807) is 6.33 Å². The Morgan fingerprint density at radius 2 is 1.95 bits per heavy atom. The highest BCUT2D eigenvalue weighted by Gasteiger charge is 2.44. The molecule has 114 valence electrons. The van der Waals surface area contributed by atoms with Crippen LogP contribution in [0.4, 0.5) is 5.82 Å². The van der Waals surface area contributed by atoms with E-state index in [1.165, 1.54) is 23.2 Å². The normalized spacial score (nSPS) is 26.3. The van der Waals surface area contributed by atoms with Crippen molar-refractivity contribution >= 4 is 5.82 Å². The van der Waals surface area contributed by atoms with Crippen molar-refractivity contribution in [3.05, 3.63) is 53.5 Å². The third kappa shape index (κ3) is 2.28. The van der Waals surface area contributed by atoms with Gasteiger partial charge in [-0.05, 0) is 37.7 Å². The van der Waals surface area contributed by atoms with E-state index in [0.29, 0.717) is 0 Å². The molecule has 0 bridgehead atoms. The summed E-state index contributed by atoms with van der Waals surface area (Å²) in [6, 6.07) is 10.5. The number of fused-ring (bicyclic) bond motifs is 1. The van der Waals surface area contributed by atoms with Gasteiger partial charge in [0.15, 0.2) is 0 Å². The van der Waals surface area contributed by atoms with Gasteiger partial charge < -0.3 is 10.4 Å². The lowest BCUT2D eigenvalue weighted by Crippen LogP contribution is -2.49. The van der Waals surface area contributed by atoms with Gasteiger partial charge in [0.05, 0.1) is 6.10 Å². The number of rotatable bonds is 4. The van der Waals surface area contributed by atoms with E-state index in [0.717, 1.165) is 38.0 Å². The van der Waals surface area contributed by atoms with Crippen LogP contribution in [-0.2, 0) is 18.3 Å². The maximum Gasteiger partial charge on any atom is 0.132 e. The van der Waals surface area contributed by atoms with Crippen LogP contribution in [0.3, 0.4) is 0 Å². The quantitative estimate of drug-likeness (QED) is 0.910. The number of anilines is 1. The van der Waals surface area contributed by atoms with E-state index in [4.69, 9.17) is 0 Å². The number of hydrogen-bond acceptors (Lipinski definition) is 4. The summed E-state index contributed by atoms with van der Waals surface area (Å²) in [5.74, 6) is 0.985. The van der Waals surface area contributed by atoms with E-state index in [2.05, 4.69) is 39.6 Å². The van der Waals surface area contributed by atoms with Crippen LogP contribution in [0.15, 0.2) is 36.7 Å². The smallest absolute Gasteiger partial charge is 0.132 e. The minimum absolute atomic E-state index is 0.0249. The molecule has 0 radical (unpaired) electrons. The van der Waals surface area contributed by atoms with Crippen molar-refractivity contribution in [2.24, 2.45) is 0 Å². The van der Waals surface area contributed by atoms with Gasteiger partial charge in [0.2, 0.25) is 0 Å². The summed E-state index contributed by atoms with van der Waals surface area (Å²) in [5.41, 5.74) is 3.81. The minimum Gasteiger partial charge on any atom is -0.393 e. The third-order valence-electron chi connectivity index (χ3n) is 5.11. The van der Waals surface area contributed by atoms with Crippen molar-refractivity contribution in [1.29, 1.82) is 0 Å². The van der Waals surface area contributed by atoms with Crippen molar-refractivity contribution in [2.75, 3.05) is 11.9 Å². The molecule has 2 N–H and O–H groups in total. The van der Waals surface area contributed by atoms with Crippen molar-refractivity contribution in [3.63, 3.8) is 0 Å². The van der Waals surface area contributed by atoms with Crippen LogP contribution in [0.2, 0.25) is 0 Å². The standard InChI is InChI=1S/C18H21N3O/c22-14-9-18(10-14,13-5-2-1-3-6-13)11-19-17-15-7-4-8-16(15)20-12-21-17/h1-3,5-6,12,14,22H,4,7-11H2,(H,19,20,21). The predicted molar refractivity (Wildman–Crippen MR) is 85.9 cm³/mol. The number of hydrogen-bond donors (Lipinski definition) is 2. The number of aromatic nitrogens is 2. The Hall–Kier alpha value is -1.94. The molecule has 2 aromatic rings. The molecule has 0 atom stereocenters. The molecule has 0 amide bonds. The van der Waals surface area contributed by atoms with Crippen LogP contribution >= 0.6 is 0 Å². The Kier molecular flexibility index (Phi) is 3.34. The largest absolute Gasteiger partial charge is 0.393 e. The molecule has 1 fully saturated rings. The fourth-order valence-corrected chi connectivity index (χ4v) is 3.88. The van der Waals surface area contributed by atoms with Crippen LogP contribution in [0.5, 0.6) is 0 Å². The first kappa shape index (κ1) is 13.7. The molecule has 1 aromatic carbocycles. The minimum atomic E-state index is -0.182. The first-order chi connectivity index (χ1) is 10.8. The van der Waals surface area contributed by atoms with Crippen molar-refractivity contribution in [2.45, 2.75) is 43.6 Å². The highest BCUT2D eigenvalue weighted by molar-refractivity contribution is 5.49. The Bertz CT molecular complexity index is 665. The number of benzene rings is 1. The average molecular weight is 295 g/mol. The van der Waals surface area contributed by atoms with Gasteiger partial charge in [-0.2, -0.15) is 0 Å². The summed E-state index contributed by atoms with van der Waals surface area (Å²) >= 11 is 0. The number of aliphatic hydroxyl groups is 1. The van der Waals surface area contributed by atoms with Gasteiger partial charge >= 0.3 is 0 Å². The molecule has 1 saturated carbocycles. The molecule has 0 unspecified atom stereocenters. The molecular formula is C18H21N3O. The van der Waals surface area contributed by atoms with Gasteiger partial charge in [-0.25, -0.2) is 9.97 Å². The maximum atomic E-state index is 9.84. The van der Waals surface area contributed by atoms with Crippen molar-refractivity contribution in [3.8, 4) is 0 Å². The Labute approximate surface area is 130 Å². The second-order valence-corrected chi connectivity index (χ2v) is 6.56. The highest BCUT2D eigenvalue weighted by atomic mass is 16.3. The topological polar surface area (TPSA) is 58.0 Å². The molecular weight excluding hydrogens is 274 g/mol. The number of nitrogens with zero attached hydrogens (tertiary/aromatic N) is 2. The van der Waals surface area contributed by atoms with Crippen molar-refractivity contribution in [1.82, 2.24) is 9.97 Å². The lowest BCUT2D eigenvalue weighted by molar-refractivity contribution is 0.0242. The molecule has 22 heavy (non-hydrogen) atoms. The average Bonchev–Trinajstić information content (AvgIpc) is 3.00. The van der Waals surface area contributed by atoms with Gasteiger partial charge in [-0.15, -0.1) is 0 Å². The van der Waals surface area contributed by atoms with Crippen LogP contribution in [0.1, 0.15) is 36.1 Å². The number of nitrogens with one attached hydrogen (secondary N) is 1. The Morgan fingerprint density at radius 1 is 1.14 bits per heavy atom. The Morgan fingerprint density at radius 3 is 2.73 bits per heavy atom. The molecule has 2 aliphatic carbocycles. The van der Waals surface area contributed by atoms with Crippen LogP contribution in [0.25, 0.3) is 0 Å². The summed E-state index contributed by atoms with van der Waals surface area (Å²) in [7, 11) is 0. The Balaban J connectivity index is 1.56. The molecule has 4 heteroatoms.